The number of hydrogen-bond donors (Lipinski definition) is 0. The van der Waals surface area contributed by atoms with E-state index < -0.39 is 0 Å². The fourth-order valence-corrected chi connectivity index (χ4v) is 2.02. The molecule has 0 heterocycles. The summed E-state index contributed by atoms with van der Waals surface area (Å²) < 4.78 is 4.58. The molecule has 1 atom stereocenters. The monoisotopic (exact) mass is 227 g/mol. The molecule has 0 aliphatic carbocycles. The molecule has 2 nitrogen and oxygen atoms in total. The minimum absolute atomic E-state index is 0.274. The second-order valence-electron chi connectivity index (χ2n) is 3.71. The summed E-state index contributed by atoms with van der Waals surface area (Å²) in [6.07, 6.45) is 0. The lowest BCUT2D eigenvalue weighted by Crippen LogP contribution is -2.11. The molecule has 0 N–H and O–H groups in total. The number of benzene rings is 2. The molecule has 0 bridgehead atoms. The van der Waals surface area contributed by atoms with Crippen LogP contribution in [0.5, 0.6) is 0 Å². The van der Waals surface area contributed by atoms with E-state index in [2.05, 4.69) is 14.9 Å². The van der Waals surface area contributed by atoms with Crippen LogP contribution in [0.1, 0.15) is 18.4 Å². The van der Waals surface area contributed by atoms with Gasteiger partial charge < -0.3 is 4.43 Å². The summed E-state index contributed by atoms with van der Waals surface area (Å²) in [4.78, 5) is 11.5. The quantitative estimate of drug-likeness (QED) is 0.737. The molecule has 0 saturated carbocycles. The highest BCUT2D eigenvalue weighted by Crippen LogP contribution is 2.25. The van der Waals surface area contributed by atoms with Crippen LogP contribution < -0.4 is 0 Å². The third kappa shape index (κ3) is 1.86. The standard InChI is InChI=1S/C13H11O2Si/c1-9(13(14)15-16)11-8-4-6-10-5-2-3-7-12(10)11/h2-9H,1H3. The van der Waals surface area contributed by atoms with E-state index in [-0.39, 0.29) is 11.9 Å². The maximum absolute atomic E-state index is 11.5. The minimum Gasteiger partial charge on any atom is -0.516 e. The van der Waals surface area contributed by atoms with Crippen LogP contribution >= 0.6 is 0 Å². The summed E-state index contributed by atoms with van der Waals surface area (Å²) in [5.74, 6) is -0.559. The Balaban J connectivity index is 2.56. The summed E-state index contributed by atoms with van der Waals surface area (Å²) >= 11 is 0. The molecule has 0 saturated heterocycles. The Morgan fingerprint density at radius 3 is 2.62 bits per heavy atom. The third-order valence-corrected chi connectivity index (χ3v) is 2.95. The number of carbonyl (C=O) groups excluding carboxylic acids is 1. The van der Waals surface area contributed by atoms with Crippen molar-refractivity contribution < 1.29 is 9.22 Å². The minimum atomic E-state index is -0.284. The Labute approximate surface area is 97.8 Å². The molecular formula is C13H11O2Si. The van der Waals surface area contributed by atoms with Crippen molar-refractivity contribution in [1.82, 2.24) is 0 Å². The molecule has 2 rings (SSSR count). The molecule has 79 valence electrons. The zero-order valence-corrected chi connectivity index (χ0v) is 9.94. The van der Waals surface area contributed by atoms with Crippen molar-refractivity contribution >= 4 is 27.2 Å². The maximum atomic E-state index is 11.5. The fourth-order valence-electron chi connectivity index (χ4n) is 1.84. The second-order valence-corrected chi connectivity index (χ2v) is 3.92. The van der Waals surface area contributed by atoms with Gasteiger partial charge in [0.15, 0.2) is 0 Å². The highest BCUT2D eigenvalue weighted by molar-refractivity contribution is 6.07. The van der Waals surface area contributed by atoms with Crippen molar-refractivity contribution in [3.05, 3.63) is 48.0 Å². The molecule has 16 heavy (non-hydrogen) atoms. The van der Waals surface area contributed by atoms with Crippen LogP contribution in [-0.2, 0) is 9.22 Å². The van der Waals surface area contributed by atoms with Gasteiger partial charge in [-0.3, -0.25) is 4.79 Å². The van der Waals surface area contributed by atoms with E-state index in [0.717, 1.165) is 16.3 Å². The normalized spacial score (nSPS) is 12.4. The van der Waals surface area contributed by atoms with Crippen molar-refractivity contribution in [3.63, 3.8) is 0 Å². The van der Waals surface area contributed by atoms with Crippen molar-refractivity contribution in [3.8, 4) is 0 Å². The molecule has 0 spiro atoms. The van der Waals surface area contributed by atoms with Gasteiger partial charge in [0.25, 0.3) is 5.97 Å². The van der Waals surface area contributed by atoms with Gasteiger partial charge in [-0.05, 0) is 23.3 Å². The largest absolute Gasteiger partial charge is 0.516 e. The zero-order valence-electron chi connectivity index (χ0n) is 8.94. The molecule has 3 radical (unpaired) electrons. The Kier molecular flexibility index (Phi) is 3.06. The smallest absolute Gasteiger partial charge is 0.345 e. The van der Waals surface area contributed by atoms with Gasteiger partial charge in [-0.2, -0.15) is 0 Å². The van der Waals surface area contributed by atoms with Crippen LogP contribution in [0.25, 0.3) is 10.8 Å². The van der Waals surface area contributed by atoms with Gasteiger partial charge in [-0.25, -0.2) is 0 Å². The van der Waals surface area contributed by atoms with Crippen LogP contribution in [-0.4, -0.2) is 16.5 Å². The van der Waals surface area contributed by atoms with Crippen LogP contribution in [0.15, 0.2) is 42.5 Å². The predicted molar refractivity (Wildman–Crippen MR) is 64.2 cm³/mol. The van der Waals surface area contributed by atoms with Gasteiger partial charge >= 0.3 is 10.5 Å². The maximum Gasteiger partial charge on any atom is 0.345 e. The van der Waals surface area contributed by atoms with E-state index in [4.69, 9.17) is 0 Å². The summed E-state index contributed by atoms with van der Waals surface area (Å²) in [7, 11) is 2.78. The molecule has 0 aliphatic rings. The lowest BCUT2D eigenvalue weighted by molar-refractivity contribution is -0.135. The first-order valence-corrected chi connectivity index (χ1v) is 5.50. The summed E-state index contributed by atoms with van der Waals surface area (Å²) in [6, 6.07) is 13.9. The van der Waals surface area contributed by atoms with Crippen LogP contribution in [0, 0.1) is 0 Å². The van der Waals surface area contributed by atoms with E-state index >= 15 is 0 Å². The Bertz CT molecular complexity index is 517. The van der Waals surface area contributed by atoms with Gasteiger partial charge in [-0.1, -0.05) is 42.5 Å². The Morgan fingerprint density at radius 1 is 1.19 bits per heavy atom. The topological polar surface area (TPSA) is 26.3 Å². The van der Waals surface area contributed by atoms with Crippen molar-refractivity contribution in [1.29, 1.82) is 0 Å². The fraction of sp³-hybridized carbons (Fsp3) is 0.154. The lowest BCUT2D eigenvalue weighted by atomic mass is 9.95. The summed E-state index contributed by atoms with van der Waals surface area (Å²) in [6.45, 7) is 1.84. The molecule has 0 amide bonds. The van der Waals surface area contributed by atoms with Gasteiger partial charge in [0.05, 0.1) is 5.92 Å². The van der Waals surface area contributed by atoms with Crippen LogP contribution in [0.4, 0.5) is 0 Å². The first kappa shape index (κ1) is 10.9. The van der Waals surface area contributed by atoms with E-state index in [0.29, 0.717) is 0 Å². The highest BCUT2D eigenvalue weighted by Gasteiger charge is 2.17. The number of fused-ring (bicyclic) bond motifs is 1. The van der Waals surface area contributed by atoms with Gasteiger partial charge in [-0.15, -0.1) is 0 Å². The summed E-state index contributed by atoms with van der Waals surface area (Å²) in [5, 5.41) is 2.23. The second kappa shape index (κ2) is 4.49. The third-order valence-electron chi connectivity index (χ3n) is 2.74. The van der Waals surface area contributed by atoms with Crippen molar-refractivity contribution in [2.24, 2.45) is 0 Å². The van der Waals surface area contributed by atoms with Gasteiger partial charge in [0, 0.05) is 0 Å². The van der Waals surface area contributed by atoms with Gasteiger partial charge in [0.2, 0.25) is 0 Å². The first-order chi connectivity index (χ1) is 7.74. The molecule has 2 aromatic carbocycles. The summed E-state index contributed by atoms with van der Waals surface area (Å²) in [5.41, 5.74) is 0.987. The lowest BCUT2D eigenvalue weighted by Gasteiger charge is -2.12. The SMILES string of the molecule is CC(C(=O)O[Si])c1cccc2ccccc12. The Morgan fingerprint density at radius 2 is 1.88 bits per heavy atom. The molecule has 3 heteroatoms. The average molecular weight is 227 g/mol. The van der Waals surface area contributed by atoms with Gasteiger partial charge in [0.1, 0.15) is 0 Å². The van der Waals surface area contributed by atoms with E-state index in [9.17, 15) is 4.79 Å². The van der Waals surface area contributed by atoms with E-state index in [1.807, 2.05) is 49.4 Å². The molecule has 0 aromatic heterocycles. The number of hydrogen-bond acceptors (Lipinski definition) is 2. The number of rotatable bonds is 2. The highest BCUT2D eigenvalue weighted by atomic mass is 28.2. The average Bonchev–Trinajstić information content (AvgIpc) is 2.36. The molecule has 0 aliphatic heterocycles. The van der Waals surface area contributed by atoms with Crippen LogP contribution in [0.2, 0.25) is 0 Å². The molecule has 1 unspecified atom stereocenters. The molecule has 0 fully saturated rings. The number of carbonyl (C=O) groups is 1. The molecule has 2 aromatic rings. The van der Waals surface area contributed by atoms with E-state index in [1.165, 1.54) is 0 Å². The van der Waals surface area contributed by atoms with Crippen molar-refractivity contribution in [2.75, 3.05) is 0 Å². The van der Waals surface area contributed by atoms with E-state index in [1.54, 1.807) is 0 Å². The zero-order chi connectivity index (χ0) is 11.5. The molecular weight excluding hydrogens is 216 g/mol. The van der Waals surface area contributed by atoms with Crippen LogP contribution in [0.3, 0.4) is 0 Å². The predicted octanol–water partition coefficient (Wildman–Crippen LogP) is 2.57. The Hall–Kier alpha value is -1.61. The first-order valence-electron chi connectivity index (χ1n) is 5.09. The van der Waals surface area contributed by atoms with Crippen molar-refractivity contribution in [2.45, 2.75) is 12.8 Å².